The Morgan fingerprint density at radius 1 is 0.893 bits per heavy atom. The summed E-state index contributed by atoms with van der Waals surface area (Å²) in [6.45, 7) is 1.88. The highest BCUT2D eigenvalue weighted by Crippen LogP contribution is 2.21. The molecule has 3 rings (SSSR count). The van der Waals surface area contributed by atoms with Crippen LogP contribution < -0.4 is 21.7 Å². The van der Waals surface area contributed by atoms with Crippen molar-refractivity contribution in [2.24, 2.45) is 5.73 Å². The highest BCUT2D eigenvalue weighted by molar-refractivity contribution is 7.09. The Hall–Kier alpha value is -2.25. The summed E-state index contributed by atoms with van der Waals surface area (Å²) in [5, 5.41) is 12.6. The average molecular weight is 399 g/mol. The molecule has 0 saturated heterocycles. The average Bonchev–Trinajstić information content (AvgIpc) is 3.25. The van der Waals surface area contributed by atoms with E-state index in [1.807, 2.05) is 30.3 Å². The van der Waals surface area contributed by atoms with E-state index in [1.54, 1.807) is 23.5 Å². The molecule has 6 heteroatoms. The first-order chi connectivity index (χ1) is 13.7. The minimum atomic E-state index is -0.693. The number of para-hydroxylation sites is 1. The second-order valence-corrected chi connectivity index (χ2v) is 7.71. The molecule has 0 aliphatic carbocycles. The van der Waals surface area contributed by atoms with Crippen molar-refractivity contribution in [3.8, 4) is 0 Å². The van der Waals surface area contributed by atoms with Crippen molar-refractivity contribution < 1.29 is 4.39 Å². The zero-order chi connectivity index (χ0) is 19.7. The van der Waals surface area contributed by atoms with Crippen molar-refractivity contribution in [3.63, 3.8) is 0 Å². The second-order valence-electron chi connectivity index (χ2n) is 6.67. The second kappa shape index (κ2) is 10.3. The lowest BCUT2D eigenvalue weighted by molar-refractivity contribution is 0.264. The van der Waals surface area contributed by atoms with Gasteiger partial charge >= 0.3 is 0 Å². The summed E-state index contributed by atoms with van der Waals surface area (Å²) in [5.41, 5.74) is 7.42. The number of benzene rings is 2. The summed E-state index contributed by atoms with van der Waals surface area (Å²) in [6.07, 6.45) is 1.50. The fourth-order valence-electron chi connectivity index (χ4n) is 3.05. The molecule has 0 aliphatic heterocycles. The van der Waals surface area contributed by atoms with E-state index in [4.69, 9.17) is 5.73 Å². The van der Waals surface area contributed by atoms with Crippen molar-refractivity contribution in [2.75, 3.05) is 11.9 Å². The number of thiophene rings is 1. The maximum atomic E-state index is 14.4. The minimum Gasteiger partial charge on any atom is -0.353 e. The van der Waals surface area contributed by atoms with Gasteiger partial charge < -0.3 is 11.1 Å². The van der Waals surface area contributed by atoms with Gasteiger partial charge in [0.1, 0.15) is 11.6 Å². The first kappa shape index (κ1) is 20.5. The van der Waals surface area contributed by atoms with Crippen LogP contribution >= 0.6 is 11.3 Å². The lowest BCUT2D eigenvalue weighted by atomic mass is 10.1. The summed E-state index contributed by atoms with van der Waals surface area (Å²) in [6, 6.07) is 21.0. The van der Waals surface area contributed by atoms with Gasteiger partial charge in [-0.2, -0.15) is 0 Å². The number of nitrogens with one attached hydrogen (secondary N) is 3. The lowest BCUT2D eigenvalue weighted by Gasteiger charge is -2.38. The molecular formula is C22H27FN4S. The topological polar surface area (TPSA) is 62.1 Å². The molecule has 28 heavy (non-hydrogen) atoms. The molecule has 0 saturated carbocycles. The fourth-order valence-corrected chi connectivity index (χ4v) is 3.69. The van der Waals surface area contributed by atoms with Crippen LogP contribution in [0.1, 0.15) is 23.3 Å². The van der Waals surface area contributed by atoms with Gasteiger partial charge in [0.25, 0.3) is 0 Å². The van der Waals surface area contributed by atoms with Crippen LogP contribution in [0.2, 0.25) is 0 Å². The van der Waals surface area contributed by atoms with Gasteiger partial charge in [0, 0.05) is 18.0 Å². The van der Waals surface area contributed by atoms with E-state index in [0.717, 1.165) is 12.0 Å². The number of halogens is 1. The van der Waals surface area contributed by atoms with Gasteiger partial charge in [0.05, 0.1) is 5.69 Å². The van der Waals surface area contributed by atoms with Gasteiger partial charge in [-0.3, -0.25) is 10.6 Å². The Labute approximate surface area is 170 Å². The molecule has 0 amide bonds. The molecule has 0 aliphatic rings. The van der Waals surface area contributed by atoms with Gasteiger partial charge in [-0.25, -0.2) is 4.39 Å². The van der Waals surface area contributed by atoms with Gasteiger partial charge in [0.15, 0.2) is 0 Å². The number of rotatable bonds is 11. The van der Waals surface area contributed by atoms with Gasteiger partial charge in [-0.1, -0.05) is 48.5 Å². The third-order valence-corrected chi connectivity index (χ3v) is 5.44. The highest BCUT2D eigenvalue weighted by Gasteiger charge is 2.29. The molecule has 3 aromatic rings. The van der Waals surface area contributed by atoms with Gasteiger partial charge in [-0.15, -0.1) is 11.3 Å². The van der Waals surface area contributed by atoms with Crippen molar-refractivity contribution in [3.05, 3.63) is 88.4 Å². The predicted molar refractivity (Wildman–Crippen MR) is 115 cm³/mol. The van der Waals surface area contributed by atoms with Crippen LogP contribution in [-0.4, -0.2) is 12.3 Å². The zero-order valence-electron chi connectivity index (χ0n) is 15.8. The number of hydrogen-bond donors (Lipinski definition) is 4. The normalized spacial score (nSPS) is 13.2. The van der Waals surface area contributed by atoms with E-state index in [-0.39, 0.29) is 5.82 Å². The predicted octanol–water partition coefficient (Wildman–Crippen LogP) is 4.27. The van der Waals surface area contributed by atoms with Crippen molar-refractivity contribution in [1.29, 1.82) is 0 Å². The Morgan fingerprint density at radius 2 is 1.64 bits per heavy atom. The SMILES string of the molecule is NCCCC(NCc1ccccc1)(NCc1cccs1)Nc1ccccc1F. The number of anilines is 1. The summed E-state index contributed by atoms with van der Waals surface area (Å²) >= 11 is 1.69. The summed E-state index contributed by atoms with van der Waals surface area (Å²) in [4.78, 5) is 1.22. The Kier molecular flexibility index (Phi) is 7.56. The molecular weight excluding hydrogens is 371 g/mol. The van der Waals surface area contributed by atoms with Crippen LogP contribution in [0.4, 0.5) is 10.1 Å². The smallest absolute Gasteiger partial charge is 0.146 e. The van der Waals surface area contributed by atoms with E-state index < -0.39 is 5.79 Å². The van der Waals surface area contributed by atoms with Crippen molar-refractivity contribution in [2.45, 2.75) is 31.7 Å². The summed E-state index contributed by atoms with van der Waals surface area (Å²) in [7, 11) is 0. The van der Waals surface area contributed by atoms with Crippen LogP contribution in [0.15, 0.2) is 72.1 Å². The molecule has 0 fully saturated rings. The minimum absolute atomic E-state index is 0.279. The standard InChI is InChI=1S/C22H27FN4S/c23-20-11-4-5-12-21(20)27-22(13-7-14-24,26-17-19-10-6-15-28-19)25-16-18-8-2-1-3-9-18/h1-6,8-12,15,25-27H,7,13-14,16-17,24H2. The molecule has 1 aromatic heterocycles. The van der Waals surface area contributed by atoms with Crippen LogP contribution in [0, 0.1) is 5.82 Å². The molecule has 4 nitrogen and oxygen atoms in total. The molecule has 1 atom stereocenters. The number of nitrogens with two attached hydrogens (primary N) is 1. The molecule has 148 valence electrons. The largest absolute Gasteiger partial charge is 0.353 e. The fraction of sp³-hybridized carbons (Fsp3) is 0.273. The molecule has 1 unspecified atom stereocenters. The maximum Gasteiger partial charge on any atom is 0.146 e. The molecule has 5 N–H and O–H groups in total. The molecule has 0 bridgehead atoms. The quantitative estimate of drug-likeness (QED) is 0.364. The Morgan fingerprint density at radius 3 is 2.36 bits per heavy atom. The van der Waals surface area contributed by atoms with E-state index in [9.17, 15) is 4.39 Å². The van der Waals surface area contributed by atoms with Crippen LogP contribution in [-0.2, 0) is 13.1 Å². The molecule has 1 heterocycles. The zero-order valence-corrected chi connectivity index (χ0v) is 16.6. The van der Waals surface area contributed by atoms with E-state index >= 15 is 0 Å². The van der Waals surface area contributed by atoms with Crippen molar-refractivity contribution >= 4 is 17.0 Å². The summed E-state index contributed by atoms with van der Waals surface area (Å²) in [5.74, 6) is -0.972. The van der Waals surface area contributed by atoms with Gasteiger partial charge in [0.2, 0.25) is 0 Å². The Bertz CT molecular complexity index is 826. The van der Waals surface area contributed by atoms with Gasteiger partial charge in [-0.05, 0) is 48.5 Å². The monoisotopic (exact) mass is 398 g/mol. The lowest BCUT2D eigenvalue weighted by Crippen LogP contribution is -2.62. The Balaban J connectivity index is 1.83. The first-order valence-electron chi connectivity index (χ1n) is 9.50. The van der Waals surface area contributed by atoms with Crippen LogP contribution in [0.5, 0.6) is 0 Å². The van der Waals surface area contributed by atoms with Crippen LogP contribution in [0.3, 0.4) is 0 Å². The van der Waals surface area contributed by atoms with E-state index in [0.29, 0.717) is 31.7 Å². The van der Waals surface area contributed by atoms with E-state index in [2.05, 4.69) is 39.5 Å². The number of hydrogen-bond acceptors (Lipinski definition) is 5. The third kappa shape index (κ3) is 5.87. The maximum absolute atomic E-state index is 14.4. The summed E-state index contributed by atoms with van der Waals surface area (Å²) < 4.78 is 14.4. The molecule has 2 aromatic carbocycles. The molecule has 0 radical (unpaired) electrons. The van der Waals surface area contributed by atoms with Crippen LogP contribution in [0.25, 0.3) is 0 Å². The highest BCUT2D eigenvalue weighted by atomic mass is 32.1. The van der Waals surface area contributed by atoms with E-state index in [1.165, 1.54) is 10.9 Å². The third-order valence-electron chi connectivity index (χ3n) is 4.56. The first-order valence-corrected chi connectivity index (χ1v) is 10.4. The van der Waals surface area contributed by atoms with Crippen molar-refractivity contribution in [1.82, 2.24) is 10.6 Å². The molecule has 0 spiro atoms.